The van der Waals surface area contributed by atoms with Gasteiger partial charge in [-0.3, -0.25) is 9.59 Å². The monoisotopic (exact) mass is 376 g/mol. The minimum Gasteiger partial charge on any atom is -0.478 e. The lowest BCUT2D eigenvalue weighted by molar-refractivity contribution is -0.118. The minimum absolute atomic E-state index is 0.0595. The number of Topliss-reactive ketones (excluding diaryl/α,β-unsaturated/α-hetero) is 1. The van der Waals surface area contributed by atoms with Gasteiger partial charge in [0.15, 0.2) is 11.5 Å². The second kappa shape index (κ2) is 6.90. The molecule has 0 bridgehead atoms. The van der Waals surface area contributed by atoms with Crippen LogP contribution < -0.4 is 10.2 Å². The minimum atomic E-state index is -0.403. The topological polar surface area (TPSA) is 56.5 Å². The molecule has 0 unspecified atom stereocenters. The number of rotatable bonds is 4. The predicted octanol–water partition coefficient (Wildman–Crippen LogP) is 5.04. The van der Waals surface area contributed by atoms with Crippen LogP contribution in [0.2, 0.25) is 10.0 Å². The van der Waals surface area contributed by atoms with Crippen LogP contribution in [0.15, 0.2) is 45.6 Å². The molecule has 0 radical (unpaired) electrons. The fourth-order valence-corrected chi connectivity index (χ4v) is 2.81. The third kappa shape index (κ3) is 3.41. The molecule has 25 heavy (non-hydrogen) atoms. The lowest BCUT2D eigenvalue weighted by Gasteiger charge is -2.12. The highest BCUT2D eigenvalue weighted by Crippen LogP contribution is 2.36. The number of carbonyl (C=O) groups excluding carboxylic acids is 1. The van der Waals surface area contributed by atoms with Crippen molar-refractivity contribution < 1.29 is 13.9 Å². The van der Waals surface area contributed by atoms with Gasteiger partial charge in [0.05, 0.1) is 10.4 Å². The summed E-state index contributed by atoms with van der Waals surface area (Å²) in [5.41, 5.74) is 1.26. The quantitative estimate of drug-likeness (QED) is 0.639. The van der Waals surface area contributed by atoms with Gasteiger partial charge in [-0.1, -0.05) is 35.3 Å². The second-order valence-corrected chi connectivity index (χ2v) is 6.47. The van der Waals surface area contributed by atoms with E-state index in [2.05, 4.69) is 0 Å². The summed E-state index contributed by atoms with van der Waals surface area (Å²) >= 11 is 12.4. The number of halogens is 2. The molecule has 0 saturated heterocycles. The highest BCUT2D eigenvalue weighted by atomic mass is 35.5. The molecule has 1 aromatic heterocycles. The molecule has 0 saturated carbocycles. The summed E-state index contributed by atoms with van der Waals surface area (Å²) in [6, 6.07) is 10.2. The van der Waals surface area contributed by atoms with Gasteiger partial charge in [-0.15, -0.1) is 0 Å². The van der Waals surface area contributed by atoms with Gasteiger partial charge in [0.2, 0.25) is 11.2 Å². The maximum Gasteiger partial charge on any atom is 0.235 e. The molecule has 0 aliphatic rings. The maximum absolute atomic E-state index is 12.9. The van der Waals surface area contributed by atoms with Gasteiger partial charge in [-0.05, 0) is 43.7 Å². The van der Waals surface area contributed by atoms with Gasteiger partial charge in [0, 0.05) is 10.6 Å². The molecular weight excluding hydrogens is 363 g/mol. The summed E-state index contributed by atoms with van der Waals surface area (Å²) in [5.74, 6) is -0.0895. The number of carbonyl (C=O) groups is 1. The first-order valence-electron chi connectivity index (χ1n) is 7.52. The first kappa shape index (κ1) is 17.5. The molecule has 0 aliphatic carbocycles. The van der Waals surface area contributed by atoms with Crippen molar-refractivity contribution >= 4 is 40.0 Å². The van der Waals surface area contributed by atoms with E-state index in [1.54, 1.807) is 30.3 Å². The Hall–Kier alpha value is -2.30. The van der Waals surface area contributed by atoms with Crippen molar-refractivity contribution in [2.24, 2.45) is 0 Å². The normalized spacial score (nSPS) is 10.9. The van der Waals surface area contributed by atoms with E-state index >= 15 is 0 Å². The van der Waals surface area contributed by atoms with Crippen molar-refractivity contribution in [3.05, 3.63) is 62.2 Å². The highest BCUT2D eigenvalue weighted by molar-refractivity contribution is 6.33. The van der Waals surface area contributed by atoms with Crippen molar-refractivity contribution in [2.45, 2.75) is 13.8 Å². The molecule has 0 fully saturated rings. The van der Waals surface area contributed by atoms with Crippen LogP contribution in [0.25, 0.3) is 22.3 Å². The van der Waals surface area contributed by atoms with Crippen LogP contribution in [-0.2, 0) is 4.79 Å². The molecule has 0 atom stereocenters. The fourth-order valence-electron chi connectivity index (χ4n) is 2.43. The lowest BCUT2D eigenvalue weighted by Crippen LogP contribution is -2.15. The van der Waals surface area contributed by atoms with Crippen LogP contribution in [0.3, 0.4) is 0 Å². The number of aryl methyl sites for hydroxylation is 1. The molecule has 0 amide bonds. The van der Waals surface area contributed by atoms with Crippen molar-refractivity contribution in [3.63, 3.8) is 0 Å². The molecule has 1 heterocycles. The fraction of sp³-hybridized carbons (Fsp3) is 0.158. The first-order chi connectivity index (χ1) is 11.9. The Morgan fingerprint density at radius 1 is 1.16 bits per heavy atom. The van der Waals surface area contributed by atoms with E-state index in [0.29, 0.717) is 21.2 Å². The van der Waals surface area contributed by atoms with Crippen molar-refractivity contribution in [1.29, 1.82) is 0 Å². The van der Waals surface area contributed by atoms with Gasteiger partial charge < -0.3 is 9.15 Å². The van der Waals surface area contributed by atoms with E-state index in [1.165, 1.54) is 13.0 Å². The summed E-state index contributed by atoms with van der Waals surface area (Å²) in [4.78, 5) is 24.2. The Morgan fingerprint density at radius 2 is 1.88 bits per heavy atom. The number of ether oxygens (including phenoxy) is 1. The SMILES string of the molecule is CC(=O)COc1c(-c2ccccc2Cl)oc2cc(C)c(Cl)cc2c1=O. The molecule has 3 rings (SSSR count). The number of hydrogen-bond acceptors (Lipinski definition) is 4. The largest absolute Gasteiger partial charge is 0.478 e. The zero-order chi connectivity index (χ0) is 18.1. The van der Waals surface area contributed by atoms with Gasteiger partial charge in [0.25, 0.3) is 0 Å². The number of hydrogen-bond donors (Lipinski definition) is 0. The maximum atomic E-state index is 12.9. The molecule has 128 valence electrons. The van der Waals surface area contributed by atoms with Gasteiger partial charge in [-0.2, -0.15) is 0 Å². The lowest BCUT2D eigenvalue weighted by atomic mass is 10.1. The zero-order valence-electron chi connectivity index (χ0n) is 13.6. The summed E-state index contributed by atoms with van der Waals surface area (Å²) in [7, 11) is 0. The van der Waals surface area contributed by atoms with Crippen molar-refractivity contribution in [3.8, 4) is 17.1 Å². The van der Waals surface area contributed by atoms with Crippen LogP contribution in [0.5, 0.6) is 5.75 Å². The Kier molecular flexibility index (Phi) is 4.84. The highest BCUT2D eigenvalue weighted by Gasteiger charge is 2.20. The summed E-state index contributed by atoms with van der Waals surface area (Å²) in [5, 5.41) is 1.14. The molecule has 0 spiro atoms. The summed E-state index contributed by atoms with van der Waals surface area (Å²) in [6.07, 6.45) is 0. The Bertz CT molecular complexity index is 1040. The van der Waals surface area contributed by atoms with E-state index in [0.717, 1.165) is 5.56 Å². The van der Waals surface area contributed by atoms with Gasteiger partial charge >= 0.3 is 0 Å². The van der Waals surface area contributed by atoms with Gasteiger partial charge in [0.1, 0.15) is 12.2 Å². The number of fused-ring (bicyclic) bond motifs is 1. The smallest absolute Gasteiger partial charge is 0.235 e. The summed E-state index contributed by atoms with van der Waals surface area (Å²) < 4.78 is 11.4. The van der Waals surface area contributed by atoms with Crippen LogP contribution >= 0.6 is 23.2 Å². The average Bonchev–Trinajstić information content (AvgIpc) is 2.56. The molecule has 0 N–H and O–H groups in total. The van der Waals surface area contributed by atoms with Crippen molar-refractivity contribution in [2.75, 3.05) is 6.61 Å². The predicted molar refractivity (Wildman–Crippen MR) is 98.9 cm³/mol. The van der Waals surface area contributed by atoms with Crippen LogP contribution in [0.4, 0.5) is 0 Å². The standard InChI is InChI=1S/C19H14Cl2O4/c1-10-7-16-13(8-15(10)21)17(23)19(24-9-11(2)22)18(25-16)12-5-3-4-6-14(12)20/h3-8H,9H2,1-2H3. The number of ketones is 1. The van der Waals surface area contributed by atoms with E-state index < -0.39 is 5.43 Å². The third-order valence-electron chi connectivity index (χ3n) is 3.67. The van der Waals surface area contributed by atoms with Crippen LogP contribution in [-0.4, -0.2) is 12.4 Å². The van der Waals surface area contributed by atoms with Crippen LogP contribution in [0.1, 0.15) is 12.5 Å². The first-order valence-corrected chi connectivity index (χ1v) is 8.28. The van der Waals surface area contributed by atoms with E-state index in [4.69, 9.17) is 32.4 Å². The Morgan fingerprint density at radius 3 is 2.56 bits per heavy atom. The van der Waals surface area contributed by atoms with E-state index in [1.807, 2.05) is 6.92 Å². The molecule has 6 heteroatoms. The molecule has 0 aliphatic heterocycles. The molecule has 3 aromatic rings. The zero-order valence-corrected chi connectivity index (χ0v) is 15.1. The second-order valence-electron chi connectivity index (χ2n) is 5.66. The average molecular weight is 377 g/mol. The van der Waals surface area contributed by atoms with Gasteiger partial charge in [-0.25, -0.2) is 0 Å². The number of benzene rings is 2. The van der Waals surface area contributed by atoms with Crippen molar-refractivity contribution in [1.82, 2.24) is 0 Å². The van der Waals surface area contributed by atoms with E-state index in [9.17, 15) is 9.59 Å². The molecule has 2 aromatic carbocycles. The Balaban J connectivity index is 2.34. The Labute approximate surface area is 153 Å². The van der Waals surface area contributed by atoms with E-state index in [-0.39, 0.29) is 29.3 Å². The molecule has 4 nitrogen and oxygen atoms in total. The van der Waals surface area contributed by atoms with Crippen LogP contribution in [0, 0.1) is 6.92 Å². The summed E-state index contributed by atoms with van der Waals surface area (Å²) in [6.45, 7) is 2.95. The molecular formula is C19H14Cl2O4. The third-order valence-corrected chi connectivity index (χ3v) is 4.40.